The van der Waals surface area contributed by atoms with Crippen LogP contribution in [0.4, 0.5) is 8.78 Å². The molecule has 0 bridgehead atoms. The van der Waals surface area contributed by atoms with Crippen molar-refractivity contribution >= 4 is 23.2 Å². The largest absolute Gasteiger partial charge is 0.388 e. The number of benzene rings is 2. The van der Waals surface area contributed by atoms with Gasteiger partial charge in [-0.1, -0.05) is 35.3 Å². The van der Waals surface area contributed by atoms with Crippen LogP contribution in [0.3, 0.4) is 0 Å². The Morgan fingerprint density at radius 2 is 1.75 bits per heavy atom. The van der Waals surface area contributed by atoms with Crippen molar-refractivity contribution in [2.75, 3.05) is 0 Å². The van der Waals surface area contributed by atoms with E-state index in [1.54, 1.807) is 12.1 Å². The van der Waals surface area contributed by atoms with Crippen LogP contribution in [0.5, 0.6) is 0 Å². The Morgan fingerprint density at radius 3 is 2.40 bits per heavy atom. The van der Waals surface area contributed by atoms with Gasteiger partial charge in [-0.15, -0.1) is 0 Å². The van der Waals surface area contributed by atoms with Crippen LogP contribution in [0.15, 0.2) is 30.3 Å². The zero-order valence-electron chi connectivity index (χ0n) is 10.6. The quantitative estimate of drug-likeness (QED) is 0.802. The van der Waals surface area contributed by atoms with Crippen LogP contribution < -0.4 is 0 Å². The second kappa shape index (κ2) is 6.08. The smallest absolute Gasteiger partial charge is 0.142 e. The Labute approximate surface area is 125 Å². The molecule has 0 spiro atoms. The lowest BCUT2D eigenvalue weighted by molar-refractivity contribution is 0.173. The highest BCUT2D eigenvalue weighted by Gasteiger charge is 2.17. The molecule has 106 valence electrons. The van der Waals surface area contributed by atoms with Crippen molar-refractivity contribution in [1.29, 1.82) is 0 Å². The average Bonchev–Trinajstić information content (AvgIpc) is 2.37. The summed E-state index contributed by atoms with van der Waals surface area (Å²) in [5, 5.41) is 10.2. The van der Waals surface area contributed by atoms with Crippen LogP contribution >= 0.6 is 23.2 Å². The van der Waals surface area contributed by atoms with E-state index in [0.29, 0.717) is 10.6 Å². The molecule has 2 aromatic carbocycles. The summed E-state index contributed by atoms with van der Waals surface area (Å²) in [6.07, 6.45) is -1.10. The van der Waals surface area contributed by atoms with Crippen LogP contribution in [-0.4, -0.2) is 5.11 Å². The third-order valence-corrected chi connectivity index (χ3v) is 3.66. The van der Waals surface area contributed by atoms with Gasteiger partial charge in [-0.2, -0.15) is 0 Å². The SMILES string of the molecule is Cc1ccc(CC(O)c2cc(F)c(Cl)cc2F)c(Cl)c1. The monoisotopic (exact) mass is 316 g/mol. The van der Waals surface area contributed by atoms with Gasteiger partial charge in [-0.3, -0.25) is 0 Å². The van der Waals surface area contributed by atoms with Gasteiger partial charge in [0, 0.05) is 17.0 Å². The fourth-order valence-corrected chi connectivity index (χ4v) is 2.39. The highest BCUT2D eigenvalue weighted by molar-refractivity contribution is 6.31. The number of aliphatic hydroxyl groups is 1. The van der Waals surface area contributed by atoms with Crippen molar-refractivity contribution in [3.63, 3.8) is 0 Å². The lowest BCUT2D eigenvalue weighted by Crippen LogP contribution is -2.06. The highest BCUT2D eigenvalue weighted by Crippen LogP contribution is 2.28. The molecule has 0 aromatic heterocycles. The molecular weight excluding hydrogens is 305 g/mol. The van der Waals surface area contributed by atoms with E-state index in [2.05, 4.69) is 0 Å². The normalized spacial score (nSPS) is 12.5. The average molecular weight is 317 g/mol. The minimum absolute atomic E-state index is 0.0944. The molecular formula is C15H12Cl2F2O. The third-order valence-electron chi connectivity index (χ3n) is 3.02. The summed E-state index contributed by atoms with van der Waals surface area (Å²) in [4.78, 5) is 0. The van der Waals surface area contributed by atoms with E-state index in [1.165, 1.54) is 0 Å². The molecule has 2 aromatic rings. The van der Waals surface area contributed by atoms with E-state index in [1.807, 2.05) is 13.0 Å². The molecule has 0 radical (unpaired) electrons. The second-order valence-corrected chi connectivity index (χ2v) is 5.42. The van der Waals surface area contributed by atoms with Gasteiger partial charge in [-0.25, -0.2) is 8.78 Å². The first-order valence-electron chi connectivity index (χ1n) is 5.96. The van der Waals surface area contributed by atoms with Gasteiger partial charge >= 0.3 is 0 Å². The molecule has 5 heteroatoms. The molecule has 1 unspecified atom stereocenters. The predicted octanol–water partition coefficient (Wildman–Crippen LogP) is 4.86. The molecule has 2 rings (SSSR count). The molecule has 1 nitrogen and oxygen atoms in total. The summed E-state index contributed by atoms with van der Waals surface area (Å²) in [6.45, 7) is 1.89. The number of hydrogen-bond acceptors (Lipinski definition) is 1. The first-order chi connectivity index (χ1) is 9.38. The van der Waals surface area contributed by atoms with Crippen molar-refractivity contribution in [3.05, 3.63) is 68.7 Å². The van der Waals surface area contributed by atoms with Gasteiger partial charge in [0.1, 0.15) is 11.6 Å². The van der Waals surface area contributed by atoms with Crippen molar-refractivity contribution in [3.8, 4) is 0 Å². The molecule has 1 N–H and O–H groups in total. The van der Waals surface area contributed by atoms with E-state index >= 15 is 0 Å². The Hall–Kier alpha value is -1.16. The Morgan fingerprint density at radius 1 is 1.05 bits per heavy atom. The predicted molar refractivity (Wildman–Crippen MR) is 76.2 cm³/mol. The topological polar surface area (TPSA) is 20.2 Å². The van der Waals surface area contributed by atoms with Gasteiger partial charge < -0.3 is 5.11 Å². The fourth-order valence-electron chi connectivity index (χ4n) is 1.93. The van der Waals surface area contributed by atoms with Gasteiger partial charge in [0.25, 0.3) is 0 Å². The Balaban J connectivity index is 2.28. The van der Waals surface area contributed by atoms with Gasteiger partial charge in [0.2, 0.25) is 0 Å². The van der Waals surface area contributed by atoms with Crippen molar-refractivity contribution < 1.29 is 13.9 Å². The lowest BCUT2D eigenvalue weighted by Gasteiger charge is -2.14. The van der Waals surface area contributed by atoms with Crippen LogP contribution in [0.1, 0.15) is 22.8 Å². The summed E-state index contributed by atoms with van der Waals surface area (Å²) in [5.74, 6) is -1.51. The summed E-state index contributed by atoms with van der Waals surface area (Å²) in [6, 6.07) is 7.11. The lowest BCUT2D eigenvalue weighted by atomic mass is 10.00. The molecule has 0 saturated heterocycles. The van der Waals surface area contributed by atoms with Crippen molar-refractivity contribution in [1.82, 2.24) is 0 Å². The van der Waals surface area contributed by atoms with E-state index < -0.39 is 17.7 Å². The van der Waals surface area contributed by atoms with Crippen LogP contribution in [-0.2, 0) is 6.42 Å². The van der Waals surface area contributed by atoms with Crippen LogP contribution in [0, 0.1) is 18.6 Å². The maximum atomic E-state index is 13.7. The standard InChI is InChI=1S/C15H12Cl2F2O/c1-8-2-3-9(11(16)4-8)5-15(20)10-6-14(19)12(17)7-13(10)18/h2-4,6-7,15,20H,5H2,1H3. The van der Waals surface area contributed by atoms with E-state index in [0.717, 1.165) is 17.7 Å². The van der Waals surface area contributed by atoms with E-state index in [4.69, 9.17) is 23.2 Å². The van der Waals surface area contributed by atoms with Crippen molar-refractivity contribution in [2.24, 2.45) is 0 Å². The molecule has 0 aliphatic heterocycles. The van der Waals surface area contributed by atoms with Crippen LogP contribution in [0.25, 0.3) is 0 Å². The number of rotatable bonds is 3. The minimum Gasteiger partial charge on any atom is -0.388 e. The number of hydrogen-bond donors (Lipinski definition) is 1. The van der Waals surface area contributed by atoms with Crippen molar-refractivity contribution in [2.45, 2.75) is 19.4 Å². The fraction of sp³-hybridized carbons (Fsp3) is 0.200. The zero-order valence-corrected chi connectivity index (χ0v) is 12.1. The first-order valence-corrected chi connectivity index (χ1v) is 6.71. The van der Waals surface area contributed by atoms with E-state index in [-0.39, 0.29) is 17.0 Å². The molecule has 20 heavy (non-hydrogen) atoms. The molecule has 0 fully saturated rings. The Bertz CT molecular complexity index is 644. The second-order valence-electron chi connectivity index (χ2n) is 4.60. The molecule has 0 saturated carbocycles. The van der Waals surface area contributed by atoms with Gasteiger partial charge in [-0.05, 0) is 36.2 Å². The minimum atomic E-state index is -1.19. The number of halogens is 4. The number of aryl methyl sites for hydroxylation is 1. The maximum absolute atomic E-state index is 13.7. The maximum Gasteiger partial charge on any atom is 0.142 e. The molecule has 0 heterocycles. The zero-order chi connectivity index (χ0) is 14.9. The molecule has 0 aliphatic carbocycles. The number of aliphatic hydroxyl groups excluding tert-OH is 1. The first kappa shape index (κ1) is 15.2. The highest BCUT2D eigenvalue weighted by atomic mass is 35.5. The summed E-state index contributed by atoms with van der Waals surface area (Å²) in [7, 11) is 0. The molecule has 0 aliphatic rings. The van der Waals surface area contributed by atoms with Gasteiger partial charge in [0.05, 0.1) is 11.1 Å². The molecule has 1 atom stereocenters. The summed E-state index contributed by atoms with van der Waals surface area (Å²) in [5.41, 5.74) is 1.51. The molecule has 0 amide bonds. The summed E-state index contributed by atoms with van der Waals surface area (Å²) >= 11 is 11.5. The van der Waals surface area contributed by atoms with Gasteiger partial charge in [0.15, 0.2) is 0 Å². The Kier molecular flexibility index (Phi) is 4.63. The third kappa shape index (κ3) is 3.29. The van der Waals surface area contributed by atoms with Crippen LogP contribution in [0.2, 0.25) is 10.0 Å². The summed E-state index contributed by atoms with van der Waals surface area (Å²) < 4.78 is 27.1. The van der Waals surface area contributed by atoms with E-state index in [9.17, 15) is 13.9 Å².